The standard InChI is InChI=1S/C18H13ClF3NO3/c1-17(9-10-4-2-3-5-12(10)15(24)26-17)16(25)23-11-6-7-14(19)13(8-11)18(20,21)22/h2-8H,9H2,1H3,(H,23,25)/t17-/m1/s1. The van der Waals surface area contributed by atoms with Gasteiger partial charge in [-0.3, -0.25) is 4.79 Å². The molecule has 0 aromatic heterocycles. The van der Waals surface area contributed by atoms with Crippen LogP contribution in [-0.2, 0) is 22.1 Å². The summed E-state index contributed by atoms with van der Waals surface area (Å²) in [5.41, 5.74) is -1.70. The molecule has 1 aliphatic heterocycles. The second kappa shape index (κ2) is 6.32. The molecule has 8 heteroatoms. The first-order valence-corrected chi connectivity index (χ1v) is 7.97. The van der Waals surface area contributed by atoms with Crippen LogP contribution in [0, 0.1) is 0 Å². The highest BCUT2D eigenvalue weighted by Crippen LogP contribution is 2.36. The van der Waals surface area contributed by atoms with Crippen molar-refractivity contribution in [3.63, 3.8) is 0 Å². The molecule has 136 valence electrons. The van der Waals surface area contributed by atoms with E-state index in [-0.39, 0.29) is 12.1 Å². The lowest BCUT2D eigenvalue weighted by molar-refractivity contribution is -0.137. The van der Waals surface area contributed by atoms with E-state index in [0.29, 0.717) is 11.1 Å². The Morgan fingerprint density at radius 2 is 1.92 bits per heavy atom. The number of ether oxygens (including phenoxy) is 1. The highest BCUT2D eigenvalue weighted by atomic mass is 35.5. The minimum atomic E-state index is -4.65. The number of carbonyl (C=O) groups excluding carboxylic acids is 2. The maximum absolute atomic E-state index is 12.9. The number of fused-ring (bicyclic) bond motifs is 1. The molecule has 0 radical (unpaired) electrons. The minimum absolute atomic E-state index is 0.0946. The van der Waals surface area contributed by atoms with Crippen molar-refractivity contribution in [3.05, 3.63) is 64.2 Å². The number of hydrogen-bond donors (Lipinski definition) is 1. The van der Waals surface area contributed by atoms with Crippen molar-refractivity contribution in [2.24, 2.45) is 0 Å². The van der Waals surface area contributed by atoms with Crippen molar-refractivity contribution in [2.75, 3.05) is 5.32 Å². The van der Waals surface area contributed by atoms with Crippen LogP contribution in [0.4, 0.5) is 18.9 Å². The molecule has 1 heterocycles. The van der Waals surface area contributed by atoms with Gasteiger partial charge in [0.1, 0.15) is 0 Å². The fourth-order valence-corrected chi connectivity index (χ4v) is 2.97. The number of esters is 1. The number of nitrogens with one attached hydrogen (secondary N) is 1. The lowest BCUT2D eigenvalue weighted by atomic mass is 9.89. The van der Waals surface area contributed by atoms with Crippen LogP contribution < -0.4 is 5.32 Å². The number of carbonyl (C=O) groups is 2. The Bertz CT molecular complexity index is 897. The molecule has 3 rings (SSSR count). The fourth-order valence-electron chi connectivity index (χ4n) is 2.74. The summed E-state index contributed by atoms with van der Waals surface area (Å²) in [6, 6.07) is 9.72. The molecule has 0 saturated heterocycles. The van der Waals surface area contributed by atoms with Crippen molar-refractivity contribution >= 4 is 29.2 Å². The van der Waals surface area contributed by atoms with Gasteiger partial charge in [-0.05, 0) is 36.8 Å². The first kappa shape index (κ1) is 18.3. The molecule has 1 atom stereocenters. The van der Waals surface area contributed by atoms with E-state index < -0.39 is 34.2 Å². The van der Waals surface area contributed by atoms with E-state index in [0.717, 1.165) is 12.1 Å². The quantitative estimate of drug-likeness (QED) is 0.778. The number of anilines is 1. The van der Waals surface area contributed by atoms with Gasteiger partial charge in [-0.1, -0.05) is 29.8 Å². The lowest BCUT2D eigenvalue weighted by Gasteiger charge is -2.33. The van der Waals surface area contributed by atoms with Crippen LogP contribution in [0.25, 0.3) is 0 Å². The number of benzene rings is 2. The Morgan fingerprint density at radius 3 is 2.62 bits per heavy atom. The topological polar surface area (TPSA) is 55.4 Å². The van der Waals surface area contributed by atoms with E-state index in [2.05, 4.69) is 5.32 Å². The molecule has 0 bridgehead atoms. The summed E-state index contributed by atoms with van der Waals surface area (Å²) in [7, 11) is 0. The van der Waals surface area contributed by atoms with Gasteiger partial charge in [-0.15, -0.1) is 0 Å². The van der Waals surface area contributed by atoms with E-state index in [9.17, 15) is 22.8 Å². The first-order chi connectivity index (χ1) is 12.1. The summed E-state index contributed by atoms with van der Waals surface area (Å²) in [4.78, 5) is 24.7. The monoisotopic (exact) mass is 383 g/mol. The van der Waals surface area contributed by atoms with Crippen LogP contribution in [0.15, 0.2) is 42.5 Å². The number of hydrogen-bond acceptors (Lipinski definition) is 3. The number of alkyl halides is 3. The molecule has 2 aromatic rings. The number of halogens is 4. The molecule has 1 amide bonds. The lowest BCUT2D eigenvalue weighted by Crippen LogP contribution is -2.48. The number of rotatable bonds is 2. The summed E-state index contributed by atoms with van der Waals surface area (Å²) in [5.74, 6) is -1.38. The van der Waals surface area contributed by atoms with Crippen molar-refractivity contribution in [1.29, 1.82) is 0 Å². The third-order valence-electron chi connectivity index (χ3n) is 4.09. The maximum atomic E-state index is 12.9. The Labute approximate surface area is 151 Å². The van der Waals surface area contributed by atoms with E-state index in [1.165, 1.54) is 13.0 Å². The molecule has 2 aromatic carbocycles. The normalized spacial score (nSPS) is 19.5. The van der Waals surface area contributed by atoms with Gasteiger partial charge < -0.3 is 10.1 Å². The van der Waals surface area contributed by atoms with Crippen LogP contribution in [0.2, 0.25) is 5.02 Å². The first-order valence-electron chi connectivity index (χ1n) is 7.59. The number of amides is 1. The molecule has 0 fully saturated rings. The molecule has 0 saturated carbocycles. The van der Waals surface area contributed by atoms with Gasteiger partial charge >= 0.3 is 12.1 Å². The molecule has 0 unspecified atom stereocenters. The van der Waals surface area contributed by atoms with Crippen LogP contribution in [0.3, 0.4) is 0 Å². The van der Waals surface area contributed by atoms with Crippen molar-refractivity contribution in [2.45, 2.75) is 25.1 Å². The average molecular weight is 384 g/mol. The molecular weight excluding hydrogens is 371 g/mol. The van der Waals surface area contributed by atoms with E-state index in [1.54, 1.807) is 24.3 Å². The molecule has 0 spiro atoms. The maximum Gasteiger partial charge on any atom is 0.417 e. The number of cyclic esters (lactones) is 1. The third-order valence-corrected chi connectivity index (χ3v) is 4.42. The Balaban J connectivity index is 1.86. The zero-order valence-corrected chi connectivity index (χ0v) is 14.2. The zero-order chi connectivity index (χ0) is 19.1. The smallest absolute Gasteiger partial charge is 0.417 e. The molecule has 1 aliphatic rings. The summed E-state index contributed by atoms with van der Waals surface area (Å²) in [6.45, 7) is 1.41. The van der Waals surface area contributed by atoms with Crippen LogP contribution in [0.1, 0.15) is 28.4 Å². The van der Waals surface area contributed by atoms with Crippen LogP contribution in [0.5, 0.6) is 0 Å². The van der Waals surface area contributed by atoms with E-state index in [4.69, 9.17) is 16.3 Å². The second-order valence-electron chi connectivity index (χ2n) is 6.10. The highest BCUT2D eigenvalue weighted by Gasteiger charge is 2.43. The zero-order valence-electron chi connectivity index (χ0n) is 13.5. The Morgan fingerprint density at radius 1 is 1.23 bits per heavy atom. The molecular formula is C18H13ClF3NO3. The van der Waals surface area contributed by atoms with Crippen LogP contribution in [-0.4, -0.2) is 17.5 Å². The minimum Gasteiger partial charge on any atom is -0.445 e. The van der Waals surface area contributed by atoms with Crippen molar-refractivity contribution in [1.82, 2.24) is 0 Å². The van der Waals surface area contributed by atoms with Gasteiger partial charge in [0.15, 0.2) is 5.60 Å². The van der Waals surface area contributed by atoms with Gasteiger partial charge in [-0.25, -0.2) is 4.79 Å². The predicted molar refractivity (Wildman–Crippen MR) is 89.1 cm³/mol. The van der Waals surface area contributed by atoms with Gasteiger partial charge in [0, 0.05) is 12.1 Å². The van der Waals surface area contributed by atoms with Crippen LogP contribution >= 0.6 is 11.6 Å². The summed E-state index contributed by atoms with van der Waals surface area (Å²) < 4.78 is 44.1. The van der Waals surface area contributed by atoms with Gasteiger partial charge in [0.2, 0.25) is 0 Å². The highest BCUT2D eigenvalue weighted by molar-refractivity contribution is 6.31. The molecule has 0 aliphatic carbocycles. The average Bonchev–Trinajstić information content (AvgIpc) is 2.55. The molecule has 4 nitrogen and oxygen atoms in total. The summed E-state index contributed by atoms with van der Waals surface area (Å²) in [6.07, 6.45) is -4.54. The fraction of sp³-hybridized carbons (Fsp3) is 0.222. The Kier molecular flexibility index (Phi) is 4.44. The summed E-state index contributed by atoms with van der Waals surface area (Å²) >= 11 is 5.57. The molecule has 1 N–H and O–H groups in total. The Hall–Kier alpha value is -2.54. The third kappa shape index (κ3) is 3.39. The SMILES string of the molecule is C[C@]1(C(=O)Nc2ccc(Cl)c(C(F)(F)F)c2)Cc2ccccc2C(=O)O1. The summed E-state index contributed by atoms with van der Waals surface area (Å²) in [5, 5.41) is 1.90. The molecule has 26 heavy (non-hydrogen) atoms. The van der Waals surface area contributed by atoms with Crippen molar-refractivity contribution < 1.29 is 27.5 Å². The second-order valence-corrected chi connectivity index (χ2v) is 6.51. The van der Waals surface area contributed by atoms with Gasteiger partial charge in [0.05, 0.1) is 16.1 Å². The van der Waals surface area contributed by atoms with Gasteiger partial charge in [0.25, 0.3) is 5.91 Å². The van der Waals surface area contributed by atoms with E-state index >= 15 is 0 Å². The largest absolute Gasteiger partial charge is 0.445 e. The van der Waals surface area contributed by atoms with E-state index in [1.807, 2.05) is 0 Å². The van der Waals surface area contributed by atoms with Gasteiger partial charge in [-0.2, -0.15) is 13.2 Å². The van der Waals surface area contributed by atoms with Crippen molar-refractivity contribution in [3.8, 4) is 0 Å². The predicted octanol–water partition coefficient (Wildman–Crippen LogP) is 4.47.